The molecule has 0 aromatic heterocycles. The van der Waals surface area contributed by atoms with E-state index in [4.69, 9.17) is 0 Å². The maximum atomic E-state index is 11.6. The Bertz CT molecular complexity index is 598. The molecule has 9 nitrogen and oxygen atoms in total. The van der Waals surface area contributed by atoms with Gasteiger partial charge in [-0.05, 0) is 26.8 Å². The molecule has 0 saturated heterocycles. The molecule has 0 spiro atoms. The summed E-state index contributed by atoms with van der Waals surface area (Å²) in [5, 5.41) is 21.5. The Labute approximate surface area is 140 Å². The standard InChI is InChI=1S/C15H23N5O4/c1-15(2,3)19-13(21)10-18-14(22)17-9-8-16-11-6-4-5-7-12(11)20(23)24/h4-7,16H,8-10H2,1-3H3,(H,19,21)(H2,17,18,22). The second-order valence-corrected chi connectivity index (χ2v) is 6.11. The van der Waals surface area contributed by atoms with Gasteiger partial charge in [-0.15, -0.1) is 0 Å². The van der Waals surface area contributed by atoms with E-state index < -0.39 is 11.0 Å². The zero-order valence-corrected chi connectivity index (χ0v) is 14.0. The molecule has 0 aliphatic carbocycles. The molecule has 3 amide bonds. The number of anilines is 1. The van der Waals surface area contributed by atoms with Crippen molar-refractivity contribution in [1.82, 2.24) is 16.0 Å². The van der Waals surface area contributed by atoms with Gasteiger partial charge in [-0.2, -0.15) is 0 Å². The van der Waals surface area contributed by atoms with Gasteiger partial charge in [0, 0.05) is 24.7 Å². The third-order valence-corrected chi connectivity index (χ3v) is 2.75. The molecule has 1 aromatic carbocycles. The fourth-order valence-electron chi connectivity index (χ4n) is 1.84. The van der Waals surface area contributed by atoms with Crippen LogP contribution >= 0.6 is 0 Å². The Morgan fingerprint density at radius 3 is 2.42 bits per heavy atom. The average Bonchev–Trinajstić information content (AvgIpc) is 2.48. The van der Waals surface area contributed by atoms with Crippen molar-refractivity contribution < 1.29 is 14.5 Å². The first kappa shape index (κ1) is 19.2. The van der Waals surface area contributed by atoms with Crippen LogP contribution in [0.5, 0.6) is 0 Å². The van der Waals surface area contributed by atoms with Crippen LogP contribution in [0.4, 0.5) is 16.2 Å². The predicted octanol–water partition coefficient (Wildman–Crippen LogP) is 1.22. The van der Waals surface area contributed by atoms with Crippen molar-refractivity contribution in [1.29, 1.82) is 0 Å². The predicted molar refractivity (Wildman–Crippen MR) is 90.9 cm³/mol. The summed E-state index contributed by atoms with van der Waals surface area (Å²) in [6, 6.07) is 5.77. The van der Waals surface area contributed by atoms with E-state index in [1.165, 1.54) is 6.07 Å². The highest BCUT2D eigenvalue weighted by atomic mass is 16.6. The molecule has 0 bridgehead atoms. The monoisotopic (exact) mass is 337 g/mol. The Balaban J connectivity index is 2.27. The van der Waals surface area contributed by atoms with Crippen molar-refractivity contribution >= 4 is 23.3 Å². The average molecular weight is 337 g/mol. The first-order chi connectivity index (χ1) is 11.2. The van der Waals surface area contributed by atoms with Gasteiger partial charge in [0.1, 0.15) is 5.69 Å². The quantitative estimate of drug-likeness (QED) is 0.338. The van der Waals surface area contributed by atoms with Crippen LogP contribution in [-0.4, -0.2) is 42.0 Å². The first-order valence-electron chi connectivity index (χ1n) is 7.49. The number of nitro groups is 1. The zero-order chi connectivity index (χ0) is 18.2. The van der Waals surface area contributed by atoms with Crippen LogP contribution in [0.15, 0.2) is 24.3 Å². The minimum absolute atomic E-state index is 0.0270. The summed E-state index contributed by atoms with van der Waals surface area (Å²) in [5.74, 6) is -0.282. The highest BCUT2D eigenvalue weighted by Gasteiger charge is 2.14. The largest absolute Gasteiger partial charge is 0.378 e. The molecule has 0 radical (unpaired) electrons. The molecule has 4 N–H and O–H groups in total. The van der Waals surface area contributed by atoms with Gasteiger partial charge in [-0.25, -0.2) is 4.79 Å². The first-order valence-corrected chi connectivity index (χ1v) is 7.49. The number of urea groups is 1. The van der Waals surface area contributed by atoms with E-state index >= 15 is 0 Å². The topological polar surface area (TPSA) is 125 Å². The molecule has 0 unspecified atom stereocenters. The summed E-state index contributed by atoms with van der Waals surface area (Å²) in [6.07, 6.45) is 0. The summed E-state index contributed by atoms with van der Waals surface area (Å²) >= 11 is 0. The van der Waals surface area contributed by atoms with E-state index in [0.717, 1.165) is 0 Å². The summed E-state index contributed by atoms with van der Waals surface area (Å²) in [7, 11) is 0. The van der Waals surface area contributed by atoms with Crippen LogP contribution in [0.25, 0.3) is 0 Å². The molecule has 0 aliphatic rings. The van der Waals surface area contributed by atoms with Crippen LogP contribution in [0.1, 0.15) is 20.8 Å². The lowest BCUT2D eigenvalue weighted by Gasteiger charge is -2.20. The van der Waals surface area contributed by atoms with E-state index in [-0.39, 0.29) is 30.2 Å². The van der Waals surface area contributed by atoms with Gasteiger partial charge >= 0.3 is 6.03 Å². The van der Waals surface area contributed by atoms with E-state index in [1.807, 2.05) is 20.8 Å². The van der Waals surface area contributed by atoms with Gasteiger partial charge in [0.05, 0.1) is 11.5 Å². The smallest absolute Gasteiger partial charge is 0.315 e. The third-order valence-electron chi connectivity index (χ3n) is 2.75. The molecule has 132 valence electrons. The maximum Gasteiger partial charge on any atom is 0.315 e. The number of nitrogens with zero attached hydrogens (tertiary/aromatic N) is 1. The SMILES string of the molecule is CC(C)(C)NC(=O)CNC(=O)NCCNc1ccccc1[N+](=O)[O-]. The number of nitro benzene ring substituents is 1. The van der Waals surface area contributed by atoms with Gasteiger partial charge in [-0.3, -0.25) is 14.9 Å². The van der Waals surface area contributed by atoms with Crippen molar-refractivity contribution in [3.05, 3.63) is 34.4 Å². The maximum absolute atomic E-state index is 11.6. The number of benzene rings is 1. The molecule has 0 fully saturated rings. The van der Waals surface area contributed by atoms with Crippen molar-refractivity contribution in [2.45, 2.75) is 26.3 Å². The highest BCUT2D eigenvalue weighted by Crippen LogP contribution is 2.22. The number of carbonyl (C=O) groups is 2. The van der Waals surface area contributed by atoms with Crippen molar-refractivity contribution in [3.63, 3.8) is 0 Å². The second kappa shape index (κ2) is 8.70. The lowest BCUT2D eigenvalue weighted by atomic mass is 10.1. The molecule has 1 rings (SSSR count). The van der Waals surface area contributed by atoms with E-state index in [0.29, 0.717) is 12.2 Å². The Morgan fingerprint density at radius 2 is 1.79 bits per heavy atom. The number of carbonyl (C=O) groups excluding carboxylic acids is 2. The minimum atomic E-state index is -0.483. The number of rotatable bonds is 7. The Hall–Kier alpha value is -2.84. The lowest BCUT2D eigenvalue weighted by molar-refractivity contribution is -0.384. The fraction of sp³-hybridized carbons (Fsp3) is 0.467. The molecule has 0 heterocycles. The number of para-hydroxylation sites is 2. The number of hydrogen-bond acceptors (Lipinski definition) is 5. The summed E-state index contributed by atoms with van der Waals surface area (Å²) in [4.78, 5) is 33.5. The van der Waals surface area contributed by atoms with Gasteiger partial charge in [0.15, 0.2) is 0 Å². The molecule has 0 aliphatic heterocycles. The minimum Gasteiger partial charge on any atom is -0.378 e. The molecule has 9 heteroatoms. The molecule has 1 aromatic rings. The van der Waals surface area contributed by atoms with Gasteiger partial charge in [0.2, 0.25) is 5.91 Å². The van der Waals surface area contributed by atoms with Crippen molar-refractivity contribution in [3.8, 4) is 0 Å². The number of nitrogens with one attached hydrogen (secondary N) is 4. The van der Waals surface area contributed by atoms with Crippen molar-refractivity contribution in [2.24, 2.45) is 0 Å². The summed E-state index contributed by atoms with van der Waals surface area (Å²) in [5.41, 5.74) is -0.00104. The van der Waals surface area contributed by atoms with E-state index in [9.17, 15) is 19.7 Å². The summed E-state index contributed by atoms with van der Waals surface area (Å²) < 4.78 is 0. The van der Waals surface area contributed by atoms with Gasteiger partial charge in [-0.1, -0.05) is 12.1 Å². The van der Waals surface area contributed by atoms with Crippen LogP contribution in [0.3, 0.4) is 0 Å². The van der Waals surface area contributed by atoms with Crippen LogP contribution in [0, 0.1) is 10.1 Å². The Morgan fingerprint density at radius 1 is 1.12 bits per heavy atom. The molecule has 24 heavy (non-hydrogen) atoms. The van der Waals surface area contributed by atoms with E-state index in [1.54, 1.807) is 18.2 Å². The Kier molecular flexibility index (Phi) is 6.97. The molecular formula is C15H23N5O4. The summed E-state index contributed by atoms with van der Waals surface area (Å²) in [6.45, 7) is 5.98. The van der Waals surface area contributed by atoms with Crippen molar-refractivity contribution in [2.75, 3.05) is 25.0 Å². The highest BCUT2D eigenvalue weighted by molar-refractivity contribution is 5.84. The second-order valence-electron chi connectivity index (χ2n) is 6.11. The normalized spacial score (nSPS) is 10.6. The lowest BCUT2D eigenvalue weighted by Crippen LogP contribution is -2.48. The molecular weight excluding hydrogens is 314 g/mol. The van der Waals surface area contributed by atoms with Crippen LogP contribution in [0.2, 0.25) is 0 Å². The fourth-order valence-corrected chi connectivity index (χ4v) is 1.84. The number of hydrogen-bond donors (Lipinski definition) is 4. The zero-order valence-electron chi connectivity index (χ0n) is 14.0. The van der Waals surface area contributed by atoms with Gasteiger partial charge in [0.25, 0.3) is 5.69 Å². The molecule has 0 saturated carbocycles. The van der Waals surface area contributed by atoms with E-state index in [2.05, 4.69) is 21.3 Å². The number of amides is 3. The van der Waals surface area contributed by atoms with Crippen LogP contribution < -0.4 is 21.3 Å². The molecule has 0 atom stereocenters. The third kappa shape index (κ3) is 7.43. The van der Waals surface area contributed by atoms with Gasteiger partial charge < -0.3 is 21.3 Å². The van der Waals surface area contributed by atoms with Crippen LogP contribution in [-0.2, 0) is 4.79 Å².